The smallest absolute Gasteiger partial charge is 0.161 e. The Balaban J connectivity index is 1.57. The van der Waals surface area contributed by atoms with Crippen molar-refractivity contribution in [1.29, 1.82) is 0 Å². The number of para-hydroxylation sites is 2. The molecule has 28 heavy (non-hydrogen) atoms. The summed E-state index contributed by atoms with van der Waals surface area (Å²) in [6.45, 7) is 1.23. The maximum atomic E-state index is 6.25. The highest BCUT2D eigenvalue weighted by Gasteiger charge is 2.25. The summed E-state index contributed by atoms with van der Waals surface area (Å²) >= 11 is 5.66. The number of ether oxygens (including phenoxy) is 2. The summed E-state index contributed by atoms with van der Waals surface area (Å²) in [6.07, 6.45) is 4.35. The summed E-state index contributed by atoms with van der Waals surface area (Å²) in [6, 6.07) is 18.1. The summed E-state index contributed by atoms with van der Waals surface area (Å²) in [7, 11) is 0. The van der Waals surface area contributed by atoms with Crippen molar-refractivity contribution in [2.75, 3.05) is 6.61 Å². The lowest BCUT2D eigenvalue weighted by molar-refractivity contribution is 0.0778. The molecule has 0 amide bonds. The molecule has 0 radical (unpaired) electrons. The van der Waals surface area contributed by atoms with E-state index in [1.54, 1.807) is 0 Å². The van der Waals surface area contributed by atoms with Crippen LogP contribution < -0.4 is 9.47 Å². The average Bonchev–Trinajstić information content (AvgIpc) is 2.76. The first kappa shape index (κ1) is 17.4. The first-order chi connectivity index (χ1) is 13.8. The molecule has 1 atom stereocenters. The topological polar surface area (TPSA) is 36.3 Å². The summed E-state index contributed by atoms with van der Waals surface area (Å²) < 4.78 is 15.3. The average molecular weight is 391 g/mol. The molecule has 4 nitrogen and oxygen atoms in total. The van der Waals surface area contributed by atoms with E-state index in [9.17, 15) is 0 Å². The van der Waals surface area contributed by atoms with Crippen LogP contribution in [0.15, 0.2) is 54.6 Å². The van der Waals surface area contributed by atoms with Gasteiger partial charge in [-0.25, -0.2) is 4.98 Å². The third-order valence-corrected chi connectivity index (χ3v) is 5.81. The van der Waals surface area contributed by atoms with Gasteiger partial charge >= 0.3 is 0 Å². The molecule has 0 bridgehead atoms. The van der Waals surface area contributed by atoms with E-state index < -0.39 is 0 Å². The second-order valence-corrected chi connectivity index (χ2v) is 7.73. The summed E-state index contributed by atoms with van der Waals surface area (Å²) in [5.74, 6) is 2.55. The molecule has 2 aromatic carbocycles. The predicted octanol–water partition coefficient (Wildman–Crippen LogP) is 5.00. The third-order valence-electron chi connectivity index (χ3n) is 5.47. The molecule has 2 aliphatic rings. The highest BCUT2D eigenvalue weighted by molar-refractivity contribution is 7.71. The quantitative estimate of drug-likeness (QED) is 0.590. The van der Waals surface area contributed by atoms with Gasteiger partial charge in [0, 0.05) is 16.8 Å². The molecule has 1 aromatic heterocycles. The monoisotopic (exact) mass is 390 g/mol. The lowest BCUT2D eigenvalue weighted by Crippen LogP contribution is -2.35. The molecule has 3 aromatic rings. The molecule has 0 spiro atoms. The van der Waals surface area contributed by atoms with Crippen LogP contribution in [0.25, 0.3) is 11.4 Å². The zero-order valence-corrected chi connectivity index (χ0v) is 16.5. The molecule has 2 heterocycles. The molecular weight excluding hydrogens is 368 g/mol. The fourth-order valence-corrected chi connectivity index (χ4v) is 4.44. The molecule has 1 unspecified atom stereocenters. The Hall–Kier alpha value is -2.66. The molecule has 1 aliphatic heterocycles. The van der Waals surface area contributed by atoms with Crippen molar-refractivity contribution in [3.8, 4) is 22.9 Å². The SMILES string of the molecule is S=c1nc(-c2ccccc2)n(CC2COc3ccccc3O2)c2c1CCCC2. The van der Waals surface area contributed by atoms with E-state index in [0.29, 0.717) is 13.2 Å². The zero-order valence-electron chi connectivity index (χ0n) is 15.6. The van der Waals surface area contributed by atoms with Crippen LogP contribution in [0.4, 0.5) is 0 Å². The van der Waals surface area contributed by atoms with Crippen molar-refractivity contribution >= 4 is 12.2 Å². The highest BCUT2D eigenvalue weighted by Crippen LogP contribution is 2.33. The largest absolute Gasteiger partial charge is 0.486 e. The Kier molecular flexibility index (Phi) is 4.61. The molecule has 1 aliphatic carbocycles. The Morgan fingerprint density at radius 2 is 1.71 bits per heavy atom. The van der Waals surface area contributed by atoms with Crippen molar-refractivity contribution in [2.45, 2.75) is 38.3 Å². The van der Waals surface area contributed by atoms with E-state index in [2.05, 4.69) is 16.7 Å². The van der Waals surface area contributed by atoms with Crippen LogP contribution in [0.5, 0.6) is 11.5 Å². The molecule has 0 fully saturated rings. The summed E-state index contributed by atoms with van der Waals surface area (Å²) in [5.41, 5.74) is 3.63. The molecular formula is C23H22N2O2S. The first-order valence-electron chi connectivity index (χ1n) is 9.86. The van der Waals surface area contributed by atoms with E-state index in [1.807, 2.05) is 42.5 Å². The predicted molar refractivity (Wildman–Crippen MR) is 111 cm³/mol. The Bertz CT molecular complexity index is 1060. The molecule has 5 rings (SSSR count). The second kappa shape index (κ2) is 7.40. The van der Waals surface area contributed by atoms with Crippen LogP contribution in [-0.4, -0.2) is 22.3 Å². The summed E-state index contributed by atoms with van der Waals surface area (Å²) in [4.78, 5) is 4.85. The van der Waals surface area contributed by atoms with Crippen molar-refractivity contribution in [3.05, 3.63) is 70.5 Å². The number of nitrogens with zero attached hydrogens (tertiary/aromatic N) is 2. The number of fused-ring (bicyclic) bond motifs is 2. The Labute approximate surface area is 169 Å². The van der Waals surface area contributed by atoms with Gasteiger partial charge in [-0.05, 0) is 37.8 Å². The van der Waals surface area contributed by atoms with Gasteiger partial charge in [-0.2, -0.15) is 0 Å². The normalized spacial score (nSPS) is 17.8. The fourth-order valence-electron chi connectivity index (χ4n) is 4.13. The van der Waals surface area contributed by atoms with Crippen molar-refractivity contribution in [3.63, 3.8) is 0 Å². The number of rotatable bonds is 3. The van der Waals surface area contributed by atoms with Crippen LogP contribution in [0.3, 0.4) is 0 Å². The van der Waals surface area contributed by atoms with Gasteiger partial charge in [0.05, 0.1) is 6.54 Å². The van der Waals surface area contributed by atoms with Crippen molar-refractivity contribution in [2.24, 2.45) is 0 Å². The van der Waals surface area contributed by atoms with Gasteiger partial charge in [0.15, 0.2) is 17.6 Å². The van der Waals surface area contributed by atoms with Gasteiger partial charge in [0.1, 0.15) is 17.1 Å². The van der Waals surface area contributed by atoms with Crippen LogP contribution in [0.1, 0.15) is 24.1 Å². The maximum Gasteiger partial charge on any atom is 0.161 e. The lowest BCUT2D eigenvalue weighted by Gasteiger charge is -2.30. The Morgan fingerprint density at radius 1 is 0.964 bits per heavy atom. The van der Waals surface area contributed by atoms with E-state index in [-0.39, 0.29) is 6.10 Å². The van der Waals surface area contributed by atoms with Gasteiger partial charge in [0.25, 0.3) is 0 Å². The zero-order chi connectivity index (χ0) is 18.9. The number of hydrogen-bond acceptors (Lipinski definition) is 4. The second-order valence-electron chi connectivity index (χ2n) is 7.35. The van der Waals surface area contributed by atoms with Gasteiger partial charge in [-0.3, -0.25) is 0 Å². The van der Waals surface area contributed by atoms with Crippen LogP contribution in [0, 0.1) is 4.64 Å². The highest BCUT2D eigenvalue weighted by atomic mass is 32.1. The third kappa shape index (κ3) is 3.20. The van der Waals surface area contributed by atoms with Crippen LogP contribution in [-0.2, 0) is 19.4 Å². The Morgan fingerprint density at radius 3 is 2.57 bits per heavy atom. The maximum absolute atomic E-state index is 6.25. The fraction of sp³-hybridized carbons (Fsp3) is 0.304. The standard InChI is InChI=1S/C23H22N2O2S/c28-23-18-10-4-5-11-19(18)25(22(24-23)16-8-2-1-3-9-16)14-17-15-26-20-12-6-7-13-21(20)27-17/h1-3,6-9,12-13,17H,4-5,10-11,14-15H2. The van der Waals surface area contributed by atoms with Crippen molar-refractivity contribution < 1.29 is 9.47 Å². The minimum absolute atomic E-state index is 0.0637. The molecule has 0 N–H and O–H groups in total. The van der Waals surface area contributed by atoms with E-state index >= 15 is 0 Å². The van der Waals surface area contributed by atoms with Gasteiger partial charge in [0.2, 0.25) is 0 Å². The first-order valence-corrected chi connectivity index (χ1v) is 10.3. The van der Waals surface area contributed by atoms with Crippen LogP contribution in [0.2, 0.25) is 0 Å². The number of hydrogen-bond donors (Lipinski definition) is 0. The van der Waals surface area contributed by atoms with Gasteiger partial charge < -0.3 is 14.0 Å². The summed E-state index contributed by atoms with van der Waals surface area (Å²) in [5, 5.41) is 0. The van der Waals surface area contributed by atoms with Crippen molar-refractivity contribution in [1.82, 2.24) is 9.55 Å². The number of aromatic nitrogens is 2. The lowest BCUT2D eigenvalue weighted by atomic mass is 9.96. The van der Waals surface area contributed by atoms with Crippen LogP contribution >= 0.6 is 12.2 Å². The van der Waals surface area contributed by atoms with E-state index in [4.69, 9.17) is 26.7 Å². The molecule has 0 saturated carbocycles. The molecule has 0 saturated heterocycles. The molecule has 5 heteroatoms. The number of benzene rings is 2. The molecule has 142 valence electrons. The van der Waals surface area contributed by atoms with E-state index in [0.717, 1.165) is 40.4 Å². The van der Waals surface area contributed by atoms with Gasteiger partial charge in [-0.15, -0.1) is 0 Å². The van der Waals surface area contributed by atoms with E-state index in [1.165, 1.54) is 24.1 Å². The minimum Gasteiger partial charge on any atom is -0.486 e. The minimum atomic E-state index is -0.0637. The van der Waals surface area contributed by atoms with Gasteiger partial charge in [-0.1, -0.05) is 54.7 Å².